The average Bonchev–Trinajstić information content (AvgIpc) is 2.63. The SMILES string of the molecule is CCCCCCCCCCCCC(CCCCCCCC)(C(=O)O)C(=O)O.[H-].[Li+]. The zero-order valence-electron chi connectivity index (χ0n) is 19.9. The van der Waals surface area contributed by atoms with E-state index in [-0.39, 0.29) is 33.1 Å². The van der Waals surface area contributed by atoms with Gasteiger partial charge in [0.05, 0.1) is 0 Å². The largest absolute Gasteiger partial charge is 1.00 e. The maximum atomic E-state index is 11.7. The zero-order valence-corrected chi connectivity index (χ0v) is 18.9. The number of unbranched alkanes of at least 4 members (excludes halogenated alkanes) is 14. The first-order chi connectivity index (χ1) is 13.0. The molecule has 0 heterocycles. The van der Waals surface area contributed by atoms with Crippen LogP contribution >= 0.6 is 0 Å². The van der Waals surface area contributed by atoms with Gasteiger partial charge in [0.2, 0.25) is 0 Å². The third-order valence-electron chi connectivity index (χ3n) is 5.73. The van der Waals surface area contributed by atoms with Crippen molar-refractivity contribution in [3.63, 3.8) is 0 Å². The van der Waals surface area contributed by atoms with Crippen LogP contribution in [0, 0.1) is 5.41 Å². The number of rotatable bonds is 20. The molecule has 0 aliphatic carbocycles. The first kappa shape index (κ1) is 29.7. The third kappa shape index (κ3) is 13.7. The minimum Gasteiger partial charge on any atom is -1.00 e. The smallest absolute Gasteiger partial charge is 1.00 e. The molecule has 0 unspecified atom stereocenters. The summed E-state index contributed by atoms with van der Waals surface area (Å²) in [7, 11) is 0. The number of carboxylic acid groups (broad SMARTS) is 2. The maximum absolute atomic E-state index is 11.7. The molecule has 0 fully saturated rings. The van der Waals surface area contributed by atoms with Crippen LogP contribution in [0.1, 0.15) is 131 Å². The van der Waals surface area contributed by atoms with E-state index in [4.69, 9.17) is 0 Å². The standard InChI is InChI=1S/C23H44O4.Li.H/c1-3-5-7-9-11-12-13-14-16-18-20-23(21(24)25,22(26)27)19-17-15-10-8-6-4-2;;/h3-20H2,1-2H3,(H,24,25)(H,26,27);;/q;+1;-1. The Morgan fingerprint density at radius 2 is 0.821 bits per heavy atom. The maximum Gasteiger partial charge on any atom is 1.00 e. The van der Waals surface area contributed by atoms with Crippen LogP contribution in [0.25, 0.3) is 0 Å². The number of aliphatic carboxylic acids is 2. The molecule has 5 heteroatoms. The molecule has 0 saturated carbocycles. The van der Waals surface area contributed by atoms with Crippen molar-refractivity contribution in [2.45, 2.75) is 129 Å². The molecule has 162 valence electrons. The molecule has 0 amide bonds. The Bertz CT molecular complexity index is 377. The fraction of sp³-hybridized carbons (Fsp3) is 0.913. The molecule has 0 radical (unpaired) electrons. The second kappa shape index (κ2) is 19.8. The van der Waals surface area contributed by atoms with Gasteiger partial charge in [0.1, 0.15) is 0 Å². The summed E-state index contributed by atoms with van der Waals surface area (Å²) in [6, 6.07) is 0. The van der Waals surface area contributed by atoms with Crippen molar-refractivity contribution in [1.29, 1.82) is 0 Å². The van der Waals surface area contributed by atoms with Crippen molar-refractivity contribution in [2.24, 2.45) is 5.41 Å². The number of carboxylic acids is 2. The van der Waals surface area contributed by atoms with Crippen molar-refractivity contribution in [3.05, 3.63) is 0 Å². The van der Waals surface area contributed by atoms with Gasteiger partial charge in [-0.3, -0.25) is 9.59 Å². The van der Waals surface area contributed by atoms with Gasteiger partial charge in [-0.25, -0.2) is 0 Å². The van der Waals surface area contributed by atoms with Crippen LogP contribution in [0.2, 0.25) is 0 Å². The van der Waals surface area contributed by atoms with E-state index in [0.29, 0.717) is 12.8 Å². The topological polar surface area (TPSA) is 74.6 Å². The van der Waals surface area contributed by atoms with Crippen molar-refractivity contribution in [3.8, 4) is 0 Å². The predicted molar refractivity (Wildman–Crippen MR) is 113 cm³/mol. The van der Waals surface area contributed by atoms with Crippen molar-refractivity contribution >= 4 is 11.9 Å². The molecular weight excluding hydrogens is 347 g/mol. The van der Waals surface area contributed by atoms with Crippen LogP contribution in [0.5, 0.6) is 0 Å². The minimum absolute atomic E-state index is 0. The average molecular weight is 393 g/mol. The van der Waals surface area contributed by atoms with E-state index in [2.05, 4.69) is 13.8 Å². The van der Waals surface area contributed by atoms with Gasteiger partial charge in [0.25, 0.3) is 0 Å². The molecule has 0 rings (SSSR count). The van der Waals surface area contributed by atoms with Crippen molar-refractivity contribution in [2.75, 3.05) is 0 Å². The second-order valence-corrected chi connectivity index (χ2v) is 8.14. The Morgan fingerprint density at radius 3 is 1.07 bits per heavy atom. The summed E-state index contributed by atoms with van der Waals surface area (Å²) in [5.41, 5.74) is -1.58. The van der Waals surface area contributed by atoms with Crippen molar-refractivity contribution in [1.82, 2.24) is 0 Å². The predicted octanol–water partition coefficient (Wildman–Crippen LogP) is 4.32. The van der Waals surface area contributed by atoms with Gasteiger partial charge in [-0.15, -0.1) is 0 Å². The third-order valence-corrected chi connectivity index (χ3v) is 5.73. The fourth-order valence-corrected chi connectivity index (χ4v) is 3.77. The van der Waals surface area contributed by atoms with E-state index in [1.807, 2.05) is 0 Å². The van der Waals surface area contributed by atoms with Crippen LogP contribution in [0.4, 0.5) is 0 Å². The van der Waals surface area contributed by atoms with Crippen molar-refractivity contribution < 1.29 is 40.1 Å². The summed E-state index contributed by atoms with van der Waals surface area (Å²) < 4.78 is 0. The van der Waals surface area contributed by atoms with E-state index >= 15 is 0 Å². The molecule has 0 aromatic carbocycles. The summed E-state index contributed by atoms with van der Waals surface area (Å²) in [4.78, 5) is 23.5. The van der Waals surface area contributed by atoms with Crippen LogP contribution in [0.3, 0.4) is 0 Å². The molecule has 0 bridgehead atoms. The van der Waals surface area contributed by atoms with E-state index < -0.39 is 17.4 Å². The molecule has 4 nitrogen and oxygen atoms in total. The van der Waals surface area contributed by atoms with E-state index in [1.165, 1.54) is 57.8 Å². The zero-order chi connectivity index (χ0) is 20.4. The summed E-state index contributed by atoms with van der Waals surface area (Å²) in [6.07, 6.45) is 18.4. The molecule has 0 aromatic heterocycles. The Kier molecular flexibility index (Phi) is 21.1. The number of hydrogen-bond donors (Lipinski definition) is 2. The Morgan fingerprint density at radius 1 is 0.571 bits per heavy atom. The van der Waals surface area contributed by atoms with E-state index in [1.54, 1.807) is 0 Å². The fourth-order valence-electron chi connectivity index (χ4n) is 3.77. The Hall–Kier alpha value is -0.463. The number of carbonyl (C=O) groups is 2. The van der Waals surface area contributed by atoms with E-state index in [0.717, 1.165) is 32.1 Å². The van der Waals surface area contributed by atoms with Gasteiger partial charge >= 0.3 is 30.8 Å². The van der Waals surface area contributed by atoms with E-state index in [9.17, 15) is 19.8 Å². The van der Waals surface area contributed by atoms with Gasteiger partial charge < -0.3 is 11.6 Å². The van der Waals surface area contributed by atoms with Crippen LogP contribution in [-0.2, 0) is 9.59 Å². The van der Waals surface area contributed by atoms with Crippen LogP contribution in [-0.4, -0.2) is 22.2 Å². The van der Waals surface area contributed by atoms with Gasteiger partial charge in [0, 0.05) is 0 Å². The molecule has 28 heavy (non-hydrogen) atoms. The molecule has 0 aliphatic heterocycles. The van der Waals surface area contributed by atoms with Gasteiger partial charge in [-0.1, -0.05) is 117 Å². The molecule has 0 aromatic rings. The monoisotopic (exact) mass is 392 g/mol. The summed E-state index contributed by atoms with van der Waals surface area (Å²) >= 11 is 0. The molecule has 0 saturated heterocycles. The van der Waals surface area contributed by atoms with Gasteiger partial charge in [-0.2, -0.15) is 0 Å². The molecule has 2 N–H and O–H groups in total. The Balaban J connectivity index is -0.00000338. The second-order valence-electron chi connectivity index (χ2n) is 8.14. The minimum atomic E-state index is -1.58. The summed E-state index contributed by atoms with van der Waals surface area (Å²) in [5, 5.41) is 19.2. The first-order valence-electron chi connectivity index (χ1n) is 11.5. The van der Waals surface area contributed by atoms with Crippen LogP contribution < -0.4 is 18.9 Å². The molecule has 0 spiro atoms. The quantitative estimate of drug-likeness (QED) is 0.184. The number of hydrogen-bond acceptors (Lipinski definition) is 2. The van der Waals surface area contributed by atoms with Gasteiger partial charge in [-0.05, 0) is 12.8 Å². The molecular formula is C23H45LiO4. The van der Waals surface area contributed by atoms with Crippen LogP contribution in [0.15, 0.2) is 0 Å². The molecule has 0 atom stereocenters. The summed E-state index contributed by atoms with van der Waals surface area (Å²) in [6.45, 7) is 4.38. The summed E-state index contributed by atoms with van der Waals surface area (Å²) in [5.74, 6) is -2.31. The Labute approximate surface area is 186 Å². The van der Waals surface area contributed by atoms with Gasteiger partial charge in [0.15, 0.2) is 5.41 Å². The first-order valence-corrected chi connectivity index (χ1v) is 11.5. The normalized spacial score (nSPS) is 11.2. The molecule has 0 aliphatic rings.